The first-order valence-corrected chi connectivity index (χ1v) is 6.72. The Morgan fingerprint density at radius 1 is 1.30 bits per heavy atom. The molecule has 4 atom stereocenters. The zero-order chi connectivity index (χ0) is 15.5. The lowest BCUT2D eigenvalue weighted by molar-refractivity contribution is -0.147. The summed E-state index contributed by atoms with van der Waals surface area (Å²) in [6.45, 7) is 6.82. The Hall–Kier alpha value is -1.40. The largest absolute Gasteiger partial charge is 0.480 e. The van der Waals surface area contributed by atoms with Gasteiger partial charge in [0.2, 0.25) is 5.91 Å². The number of aliphatic carboxylic acids is 1. The Balaban J connectivity index is 2.89. The molecule has 6 heteroatoms. The van der Waals surface area contributed by atoms with Crippen molar-refractivity contribution in [2.75, 3.05) is 0 Å². The molecular weight excluding hydrogens is 262 g/mol. The summed E-state index contributed by atoms with van der Waals surface area (Å²) in [4.78, 5) is 22.8. The molecule has 0 aromatic rings. The third kappa shape index (κ3) is 3.58. The van der Waals surface area contributed by atoms with Gasteiger partial charge >= 0.3 is 5.97 Å². The van der Waals surface area contributed by atoms with Crippen LogP contribution in [0, 0.1) is 11.3 Å². The zero-order valence-corrected chi connectivity index (χ0v) is 11.9. The van der Waals surface area contributed by atoms with E-state index in [9.17, 15) is 24.9 Å². The fourth-order valence-corrected chi connectivity index (χ4v) is 2.81. The van der Waals surface area contributed by atoms with Crippen molar-refractivity contribution < 1.29 is 24.9 Å². The van der Waals surface area contributed by atoms with Crippen molar-refractivity contribution in [3.63, 3.8) is 0 Å². The third-order valence-electron chi connectivity index (χ3n) is 4.30. The second kappa shape index (κ2) is 6.37. The highest BCUT2D eigenvalue weighted by Crippen LogP contribution is 2.41. The minimum atomic E-state index is -1.12. The monoisotopic (exact) mass is 285 g/mol. The number of aliphatic hydroxyl groups excluding tert-OH is 2. The van der Waals surface area contributed by atoms with Crippen molar-refractivity contribution in [3.05, 3.63) is 12.7 Å². The van der Waals surface area contributed by atoms with Crippen LogP contribution in [0.4, 0.5) is 0 Å². The van der Waals surface area contributed by atoms with Crippen LogP contribution in [-0.2, 0) is 9.59 Å². The maximum Gasteiger partial charge on any atom is 0.326 e. The zero-order valence-electron chi connectivity index (χ0n) is 11.9. The Bertz CT molecular complexity index is 393. The first-order valence-electron chi connectivity index (χ1n) is 6.72. The smallest absolute Gasteiger partial charge is 0.326 e. The van der Waals surface area contributed by atoms with E-state index in [1.54, 1.807) is 13.8 Å². The van der Waals surface area contributed by atoms with Crippen molar-refractivity contribution in [3.8, 4) is 0 Å². The van der Waals surface area contributed by atoms with E-state index in [0.29, 0.717) is 19.3 Å². The van der Waals surface area contributed by atoms with Crippen LogP contribution < -0.4 is 5.32 Å². The predicted molar refractivity (Wildman–Crippen MR) is 72.9 cm³/mol. The molecule has 0 bridgehead atoms. The highest BCUT2D eigenvalue weighted by atomic mass is 16.4. The molecule has 1 fully saturated rings. The number of amides is 1. The second-order valence-corrected chi connectivity index (χ2v) is 5.95. The summed E-state index contributed by atoms with van der Waals surface area (Å²) in [5.41, 5.74) is -0.744. The summed E-state index contributed by atoms with van der Waals surface area (Å²) in [5, 5.41) is 31.1. The van der Waals surface area contributed by atoms with Gasteiger partial charge in [-0.3, -0.25) is 4.79 Å². The average molecular weight is 285 g/mol. The third-order valence-corrected chi connectivity index (χ3v) is 4.30. The fraction of sp³-hybridized carbons (Fsp3) is 0.714. The van der Waals surface area contributed by atoms with E-state index in [2.05, 4.69) is 11.9 Å². The Morgan fingerprint density at radius 3 is 2.35 bits per heavy atom. The predicted octanol–water partition coefficient (Wildman–Crippen LogP) is 0.290. The average Bonchev–Trinajstić information content (AvgIpc) is 2.37. The molecule has 6 nitrogen and oxygen atoms in total. The number of carboxylic acids is 1. The van der Waals surface area contributed by atoms with Crippen LogP contribution in [0.15, 0.2) is 12.7 Å². The number of aliphatic hydroxyl groups is 2. The van der Waals surface area contributed by atoms with E-state index >= 15 is 0 Å². The van der Waals surface area contributed by atoms with Gasteiger partial charge in [0.05, 0.1) is 12.2 Å². The van der Waals surface area contributed by atoms with E-state index in [-0.39, 0.29) is 5.92 Å². The van der Waals surface area contributed by atoms with Crippen molar-refractivity contribution >= 4 is 11.9 Å². The molecule has 0 aromatic heterocycles. The normalized spacial score (nSPS) is 28.5. The van der Waals surface area contributed by atoms with Crippen LogP contribution in [0.3, 0.4) is 0 Å². The molecule has 1 rings (SSSR count). The maximum atomic E-state index is 11.4. The number of carbonyl (C=O) groups excluding carboxylic acids is 1. The van der Waals surface area contributed by atoms with Crippen LogP contribution in [0.2, 0.25) is 0 Å². The summed E-state index contributed by atoms with van der Waals surface area (Å²) in [6, 6.07) is -1.07. The van der Waals surface area contributed by atoms with Crippen molar-refractivity contribution in [2.45, 2.75) is 51.4 Å². The van der Waals surface area contributed by atoms with Crippen LogP contribution in [0.5, 0.6) is 0 Å². The maximum absolute atomic E-state index is 11.4. The van der Waals surface area contributed by atoms with Crippen LogP contribution in [-0.4, -0.2) is 45.4 Å². The molecule has 4 unspecified atom stereocenters. The highest BCUT2D eigenvalue weighted by Gasteiger charge is 2.45. The number of hydrogen-bond acceptors (Lipinski definition) is 4. The molecule has 4 N–H and O–H groups in total. The molecule has 1 aliphatic rings. The van der Waals surface area contributed by atoms with Gasteiger partial charge in [-0.2, -0.15) is 0 Å². The lowest BCUT2D eigenvalue weighted by atomic mass is 9.66. The standard InChI is InChI=1S/C14H23NO5/c1-4-11(18)15-12(13(19)20)14(2,3)8-5-6-9(16)10(17)7-8/h4,8-10,12,16-17H,1,5-7H2,2-3H3,(H,15,18)(H,19,20). The summed E-state index contributed by atoms with van der Waals surface area (Å²) in [6.07, 6.45) is 0.786. The van der Waals surface area contributed by atoms with Gasteiger partial charge in [0.1, 0.15) is 6.04 Å². The van der Waals surface area contributed by atoms with Crippen LogP contribution >= 0.6 is 0 Å². The molecule has 0 aromatic carbocycles. The van der Waals surface area contributed by atoms with Gasteiger partial charge in [0.15, 0.2) is 0 Å². The molecular formula is C14H23NO5. The minimum Gasteiger partial charge on any atom is -0.480 e. The van der Waals surface area contributed by atoms with Gasteiger partial charge in [-0.15, -0.1) is 0 Å². The van der Waals surface area contributed by atoms with Gasteiger partial charge in [0, 0.05) is 0 Å². The molecule has 0 heterocycles. The lowest BCUT2D eigenvalue weighted by Crippen LogP contribution is -2.54. The van der Waals surface area contributed by atoms with Crippen molar-refractivity contribution in [1.29, 1.82) is 0 Å². The van der Waals surface area contributed by atoms with Crippen molar-refractivity contribution in [1.82, 2.24) is 5.32 Å². The van der Waals surface area contributed by atoms with E-state index < -0.39 is 35.5 Å². The van der Waals surface area contributed by atoms with Gasteiger partial charge in [-0.05, 0) is 36.7 Å². The van der Waals surface area contributed by atoms with Gasteiger partial charge < -0.3 is 20.6 Å². The van der Waals surface area contributed by atoms with E-state index in [1.165, 1.54) is 0 Å². The molecule has 20 heavy (non-hydrogen) atoms. The summed E-state index contributed by atoms with van der Waals surface area (Å²) in [5.74, 6) is -1.76. The lowest BCUT2D eigenvalue weighted by Gasteiger charge is -2.43. The molecule has 1 aliphatic carbocycles. The first kappa shape index (κ1) is 16.7. The molecule has 0 spiro atoms. The molecule has 1 amide bonds. The summed E-state index contributed by atoms with van der Waals surface area (Å²) in [7, 11) is 0. The Kier molecular flexibility index (Phi) is 5.30. The molecule has 114 valence electrons. The van der Waals surface area contributed by atoms with Gasteiger partial charge in [0.25, 0.3) is 0 Å². The highest BCUT2D eigenvalue weighted by molar-refractivity contribution is 5.91. The number of hydrogen-bond donors (Lipinski definition) is 4. The number of nitrogens with one attached hydrogen (secondary N) is 1. The van der Waals surface area contributed by atoms with Gasteiger partial charge in [-0.25, -0.2) is 4.79 Å². The number of carboxylic acid groups (broad SMARTS) is 1. The Morgan fingerprint density at radius 2 is 1.90 bits per heavy atom. The van der Waals surface area contributed by atoms with Gasteiger partial charge in [-0.1, -0.05) is 20.4 Å². The minimum absolute atomic E-state index is 0.105. The first-order chi connectivity index (χ1) is 9.20. The molecule has 1 saturated carbocycles. The molecule has 0 aliphatic heterocycles. The second-order valence-electron chi connectivity index (χ2n) is 5.95. The number of rotatable bonds is 5. The van der Waals surface area contributed by atoms with E-state index in [0.717, 1.165) is 6.08 Å². The van der Waals surface area contributed by atoms with E-state index in [4.69, 9.17) is 0 Å². The van der Waals surface area contributed by atoms with Crippen molar-refractivity contribution in [2.24, 2.45) is 11.3 Å². The van der Waals surface area contributed by atoms with E-state index in [1.807, 2.05) is 0 Å². The molecule has 0 radical (unpaired) electrons. The quantitative estimate of drug-likeness (QED) is 0.543. The topological polar surface area (TPSA) is 107 Å². The molecule has 0 saturated heterocycles. The number of carbonyl (C=O) groups is 2. The SMILES string of the molecule is C=CC(=O)NC(C(=O)O)C(C)(C)C1CCC(O)C(O)C1. The summed E-state index contributed by atoms with van der Waals surface area (Å²) >= 11 is 0. The Labute approximate surface area is 118 Å². The van der Waals surface area contributed by atoms with Crippen LogP contribution in [0.25, 0.3) is 0 Å². The fourth-order valence-electron chi connectivity index (χ4n) is 2.81. The van der Waals surface area contributed by atoms with Crippen LogP contribution in [0.1, 0.15) is 33.1 Å². The summed E-state index contributed by atoms with van der Waals surface area (Å²) < 4.78 is 0.